The second kappa shape index (κ2) is 7.26. The monoisotopic (exact) mass is 452 g/mol. The van der Waals surface area contributed by atoms with Crippen LogP contribution in [0.3, 0.4) is 0 Å². The lowest BCUT2D eigenvalue weighted by atomic mass is 9.94. The van der Waals surface area contributed by atoms with Crippen molar-refractivity contribution >= 4 is 39.1 Å². The van der Waals surface area contributed by atoms with Crippen LogP contribution in [0, 0.1) is 6.92 Å². The van der Waals surface area contributed by atoms with Gasteiger partial charge in [-0.2, -0.15) is 0 Å². The maximum Gasteiger partial charge on any atom is 0.253 e. The van der Waals surface area contributed by atoms with Crippen LogP contribution in [0.15, 0.2) is 29.6 Å². The Balaban J connectivity index is 1.22. The zero-order chi connectivity index (χ0) is 21.3. The SMILES string of the molecule is Cc1nc([C@@H]2C[C@H]2c2ccc(C(=O)N(C)[C@@H]3C[C@H]4CC[C@@H]3N4)cc2Cl)c2ccsc2n1. The van der Waals surface area contributed by atoms with E-state index in [1.54, 1.807) is 11.3 Å². The molecule has 7 heteroatoms. The molecule has 160 valence electrons. The summed E-state index contributed by atoms with van der Waals surface area (Å²) >= 11 is 8.36. The molecule has 1 N–H and O–H groups in total. The summed E-state index contributed by atoms with van der Waals surface area (Å²) in [5, 5.41) is 7.54. The molecule has 2 bridgehead atoms. The van der Waals surface area contributed by atoms with Crippen molar-refractivity contribution in [2.45, 2.75) is 62.6 Å². The lowest BCUT2D eigenvalue weighted by Gasteiger charge is -2.30. The lowest BCUT2D eigenvalue weighted by Crippen LogP contribution is -2.44. The molecule has 1 aromatic carbocycles. The highest BCUT2D eigenvalue weighted by atomic mass is 35.5. The Kier molecular flexibility index (Phi) is 4.60. The van der Waals surface area contributed by atoms with Crippen LogP contribution in [-0.2, 0) is 0 Å². The molecule has 6 rings (SSSR count). The summed E-state index contributed by atoms with van der Waals surface area (Å²) in [4.78, 5) is 25.4. The van der Waals surface area contributed by atoms with Crippen LogP contribution in [-0.4, -0.2) is 45.9 Å². The number of hydrogen-bond donors (Lipinski definition) is 1. The van der Waals surface area contributed by atoms with E-state index in [0.29, 0.717) is 34.5 Å². The van der Waals surface area contributed by atoms with Crippen LogP contribution in [0.5, 0.6) is 0 Å². The average Bonchev–Trinajstić information content (AvgIpc) is 3.10. The van der Waals surface area contributed by atoms with Gasteiger partial charge in [-0.25, -0.2) is 9.97 Å². The summed E-state index contributed by atoms with van der Waals surface area (Å²) < 4.78 is 0. The van der Waals surface area contributed by atoms with Gasteiger partial charge in [-0.1, -0.05) is 17.7 Å². The van der Waals surface area contributed by atoms with Crippen LogP contribution in [0.1, 0.15) is 65.0 Å². The van der Waals surface area contributed by atoms with E-state index < -0.39 is 0 Å². The number of amides is 1. The van der Waals surface area contributed by atoms with Gasteiger partial charge in [0.15, 0.2) is 0 Å². The molecule has 1 aliphatic carbocycles. The molecule has 31 heavy (non-hydrogen) atoms. The quantitative estimate of drug-likeness (QED) is 0.612. The summed E-state index contributed by atoms with van der Waals surface area (Å²) in [7, 11) is 1.93. The van der Waals surface area contributed by atoms with Crippen molar-refractivity contribution in [3.63, 3.8) is 0 Å². The van der Waals surface area contributed by atoms with Gasteiger partial charge in [-0.3, -0.25) is 4.79 Å². The molecule has 3 aromatic rings. The third-order valence-corrected chi connectivity index (χ3v) is 8.47. The van der Waals surface area contributed by atoms with Crippen LogP contribution < -0.4 is 5.32 Å². The average molecular weight is 453 g/mol. The van der Waals surface area contributed by atoms with Gasteiger partial charge >= 0.3 is 0 Å². The number of halogens is 1. The van der Waals surface area contributed by atoms with E-state index in [9.17, 15) is 4.79 Å². The normalized spacial score (nSPS) is 28.9. The summed E-state index contributed by atoms with van der Waals surface area (Å²) in [5.41, 5.74) is 2.93. The van der Waals surface area contributed by atoms with Crippen molar-refractivity contribution in [3.05, 3.63) is 57.3 Å². The van der Waals surface area contributed by atoms with E-state index in [4.69, 9.17) is 16.6 Å². The van der Waals surface area contributed by atoms with Crippen LogP contribution in [0.4, 0.5) is 0 Å². The highest BCUT2D eigenvalue weighted by Crippen LogP contribution is 2.57. The number of rotatable bonds is 4. The number of likely N-dealkylation sites (N-methyl/N-ethyl adjacent to an activating group) is 1. The molecule has 2 aromatic heterocycles. The predicted octanol–water partition coefficient (Wildman–Crippen LogP) is 4.89. The fourth-order valence-electron chi connectivity index (χ4n) is 5.65. The minimum Gasteiger partial charge on any atom is -0.337 e. The second-order valence-corrected chi connectivity index (χ2v) is 10.5. The molecule has 2 saturated heterocycles. The largest absolute Gasteiger partial charge is 0.337 e. The molecule has 5 atom stereocenters. The Morgan fingerprint density at radius 2 is 2.06 bits per heavy atom. The first-order valence-corrected chi connectivity index (χ1v) is 12.3. The molecule has 0 unspecified atom stereocenters. The van der Waals surface area contributed by atoms with E-state index in [0.717, 1.165) is 46.6 Å². The number of carbonyl (C=O) groups is 1. The molecular weight excluding hydrogens is 428 g/mol. The highest BCUT2D eigenvalue weighted by molar-refractivity contribution is 7.16. The van der Waals surface area contributed by atoms with Gasteiger partial charge in [0, 0.05) is 47.1 Å². The Hall–Kier alpha value is -2.02. The van der Waals surface area contributed by atoms with E-state index in [2.05, 4.69) is 21.7 Å². The standard InChI is InChI=1S/C24H25ClN4OS/c1-12-26-22(16-7-8-31-23(16)27-12)18-11-17(18)15-5-3-13(9-19(15)25)24(30)29(2)21-10-14-4-6-20(21)28-14/h3,5,7-9,14,17-18,20-21,28H,4,6,10-11H2,1-2H3/t14-,17+,18-,20+,21-/m1/s1. The third-order valence-electron chi connectivity index (χ3n) is 7.34. The molecule has 2 aliphatic heterocycles. The van der Waals surface area contributed by atoms with E-state index in [1.807, 2.05) is 37.1 Å². The first-order valence-electron chi connectivity index (χ1n) is 11.0. The highest BCUT2D eigenvalue weighted by Gasteiger charge is 2.44. The number of carbonyl (C=O) groups excluding carboxylic acids is 1. The maximum atomic E-state index is 13.1. The molecule has 0 radical (unpaired) electrons. The molecule has 1 saturated carbocycles. The lowest BCUT2D eigenvalue weighted by molar-refractivity contribution is 0.0709. The van der Waals surface area contributed by atoms with E-state index in [1.165, 1.54) is 6.42 Å². The molecule has 4 heterocycles. The van der Waals surface area contributed by atoms with Gasteiger partial charge in [0.05, 0.1) is 5.69 Å². The number of thiophene rings is 1. The number of nitrogens with zero attached hydrogens (tertiary/aromatic N) is 3. The number of hydrogen-bond acceptors (Lipinski definition) is 5. The minimum atomic E-state index is 0.0616. The van der Waals surface area contributed by atoms with E-state index >= 15 is 0 Å². The molecule has 0 spiro atoms. The zero-order valence-electron chi connectivity index (χ0n) is 17.6. The van der Waals surface area contributed by atoms with Gasteiger partial charge < -0.3 is 10.2 Å². The van der Waals surface area contributed by atoms with Crippen molar-refractivity contribution < 1.29 is 4.79 Å². The van der Waals surface area contributed by atoms with Crippen LogP contribution in [0.25, 0.3) is 10.2 Å². The number of fused-ring (bicyclic) bond motifs is 3. The molecule has 5 nitrogen and oxygen atoms in total. The number of aromatic nitrogens is 2. The fourth-order valence-corrected chi connectivity index (χ4v) is 6.79. The molecular formula is C24H25ClN4OS. The Morgan fingerprint density at radius 3 is 2.81 bits per heavy atom. The fraction of sp³-hybridized carbons (Fsp3) is 0.458. The van der Waals surface area contributed by atoms with Gasteiger partial charge in [0.1, 0.15) is 10.7 Å². The van der Waals surface area contributed by atoms with Crippen molar-refractivity contribution in [1.29, 1.82) is 0 Å². The minimum absolute atomic E-state index is 0.0616. The number of benzene rings is 1. The Morgan fingerprint density at radius 1 is 1.19 bits per heavy atom. The Bertz CT molecular complexity index is 1190. The Labute approximate surface area is 190 Å². The summed E-state index contributed by atoms with van der Waals surface area (Å²) in [6.07, 6.45) is 4.48. The zero-order valence-corrected chi connectivity index (χ0v) is 19.2. The second-order valence-electron chi connectivity index (χ2n) is 9.25. The van der Waals surface area contributed by atoms with Crippen molar-refractivity contribution in [3.8, 4) is 0 Å². The van der Waals surface area contributed by atoms with Crippen LogP contribution >= 0.6 is 22.9 Å². The van der Waals surface area contributed by atoms with Crippen molar-refractivity contribution in [1.82, 2.24) is 20.2 Å². The molecule has 3 fully saturated rings. The molecule has 1 amide bonds. The van der Waals surface area contributed by atoms with Gasteiger partial charge in [0.2, 0.25) is 0 Å². The van der Waals surface area contributed by atoms with Gasteiger partial charge in [-0.15, -0.1) is 11.3 Å². The van der Waals surface area contributed by atoms with Crippen molar-refractivity contribution in [2.75, 3.05) is 7.05 Å². The number of nitrogens with one attached hydrogen (secondary N) is 1. The topological polar surface area (TPSA) is 58.1 Å². The molecule has 3 aliphatic rings. The van der Waals surface area contributed by atoms with Crippen LogP contribution in [0.2, 0.25) is 5.02 Å². The van der Waals surface area contributed by atoms with E-state index in [-0.39, 0.29) is 11.9 Å². The van der Waals surface area contributed by atoms with Gasteiger partial charge in [0.25, 0.3) is 5.91 Å². The predicted molar refractivity (Wildman–Crippen MR) is 124 cm³/mol. The third kappa shape index (κ3) is 3.27. The summed E-state index contributed by atoms with van der Waals surface area (Å²) in [5.74, 6) is 1.59. The first kappa shape index (κ1) is 19.6. The van der Waals surface area contributed by atoms with Crippen molar-refractivity contribution in [2.24, 2.45) is 0 Å². The van der Waals surface area contributed by atoms with Gasteiger partial charge in [-0.05, 0) is 67.7 Å². The first-order chi connectivity index (χ1) is 15.0. The summed E-state index contributed by atoms with van der Waals surface area (Å²) in [6.45, 7) is 1.95. The summed E-state index contributed by atoms with van der Waals surface area (Å²) in [6, 6.07) is 9.26. The number of aryl methyl sites for hydroxylation is 1. The smallest absolute Gasteiger partial charge is 0.253 e. The maximum absolute atomic E-state index is 13.1.